The lowest BCUT2D eigenvalue weighted by atomic mass is 10.3. The van der Waals surface area contributed by atoms with Crippen molar-refractivity contribution in [3.8, 4) is 0 Å². The standard InChI is InChI=1S/C6H8F2N2/c7-1-2-10-4-6(3-8)9-5-10/h4,6H,1-3H2. The molecule has 0 aromatic rings. The maximum atomic E-state index is 11.8. The summed E-state index contributed by atoms with van der Waals surface area (Å²) in [5.41, 5.74) is 0. The van der Waals surface area contributed by atoms with E-state index in [0.29, 0.717) is 0 Å². The molecule has 1 rings (SSSR count). The Morgan fingerprint density at radius 3 is 2.90 bits per heavy atom. The van der Waals surface area contributed by atoms with Crippen molar-refractivity contribution in [1.82, 2.24) is 4.90 Å². The molecule has 0 N–H and O–H groups in total. The number of halogens is 2. The van der Waals surface area contributed by atoms with Gasteiger partial charge in [-0.05, 0) is 0 Å². The van der Waals surface area contributed by atoms with Crippen LogP contribution in [-0.4, -0.2) is 37.2 Å². The molecular weight excluding hydrogens is 138 g/mol. The molecule has 0 aromatic carbocycles. The van der Waals surface area contributed by atoms with E-state index in [1.54, 1.807) is 0 Å². The van der Waals surface area contributed by atoms with E-state index in [0.717, 1.165) is 0 Å². The van der Waals surface area contributed by atoms with Crippen LogP contribution in [0.15, 0.2) is 4.99 Å². The van der Waals surface area contributed by atoms with Crippen molar-refractivity contribution >= 4 is 6.34 Å². The van der Waals surface area contributed by atoms with E-state index < -0.39 is 19.4 Å². The van der Waals surface area contributed by atoms with Gasteiger partial charge in [-0.1, -0.05) is 0 Å². The van der Waals surface area contributed by atoms with Gasteiger partial charge in [-0.15, -0.1) is 0 Å². The molecule has 1 aliphatic rings. The lowest BCUT2D eigenvalue weighted by molar-refractivity contribution is 0.381. The minimum absolute atomic E-state index is 0.222. The van der Waals surface area contributed by atoms with Crippen LogP contribution in [0.1, 0.15) is 0 Å². The average Bonchev–Trinajstić information content (AvgIpc) is 2.37. The maximum absolute atomic E-state index is 11.8. The van der Waals surface area contributed by atoms with Gasteiger partial charge in [0.25, 0.3) is 0 Å². The van der Waals surface area contributed by atoms with Crippen molar-refractivity contribution in [2.45, 2.75) is 6.04 Å². The third kappa shape index (κ3) is 1.65. The van der Waals surface area contributed by atoms with Gasteiger partial charge in [0.1, 0.15) is 19.4 Å². The molecule has 1 atom stereocenters. The Morgan fingerprint density at radius 1 is 1.60 bits per heavy atom. The maximum Gasteiger partial charge on any atom is 0.167 e. The van der Waals surface area contributed by atoms with Crippen molar-refractivity contribution in [2.75, 3.05) is 19.9 Å². The molecule has 1 aliphatic heterocycles. The van der Waals surface area contributed by atoms with E-state index in [1.807, 2.05) is 0 Å². The van der Waals surface area contributed by atoms with Crippen molar-refractivity contribution < 1.29 is 8.78 Å². The van der Waals surface area contributed by atoms with Gasteiger partial charge in [-0.2, -0.15) is 0 Å². The van der Waals surface area contributed by atoms with E-state index in [9.17, 15) is 8.78 Å². The number of hydrogen-bond donors (Lipinski definition) is 0. The Bertz CT molecular complexity index is 127. The van der Waals surface area contributed by atoms with Gasteiger partial charge in [0.05, 0.1) is 6.54 Å². The molecule has 4 heteroatoms. The summed E-state index contributed by atoms with van der Waals surface area (Å²) in [6.45, 7) is 0.757. The second kappa shape index (κ2) is 3.49. The third-order valence-corrected chi connectivity index (χ3v) is 1.19. The molecule has 0 saturated carbocycles. The second-order valence-corrected chi connectivity index (χ2v) is 1.98. The molecule has 0 fully saturated rings. The Morgan fingerprint density at radius 2 is 2.40 bits per heavy atom. The summed E-state index contributed by atoms with van der Waals surface area (Å²) >= 11 is 0. The molecule has 1 unspecified atom stereocenters. The highest BCUT2D eigenvalue weighted by atomic mass is 19.1. The van der Waals surface area contributed by atoms with E-state index >= 15 is 0 Å². The quantitative estimate of drug-likeness (QED) is 0.571. The fourth-order valence-corrected chi connectivity index (χ4v) is 0.713. The summed E-state index contributed by atoms with van der Waals surface area (Å²) in [4.78, 5) is 5.07. The zero-order valence-corrected chi connectivity index (χ0v) is 5.43. The van der Waals surface area contributed by atoms with Crippen LogP contribution < -0.4 is 0 Å². The number of aliphatic imine (C=N–C) groups is 1. The molecule has 0 aromatic heterocycles. The first-order valence-corrected chi connectivity index (χ1v) is 3.06. The van der Waals surface area contributed by atoms with Gasteiger partial charge in [0, 0.05) is 6.54 Å². The average molecular weight is 146 g/mol. The van der Waals surface area contributed by atoms with Crippen LogP contribution in [0.3, 0.4) is 0 Å². The molecule has 1 heterocycles. The van der Waals surface area contributed by atoms with Crippen molar-refractivity contribution in [2.24, 2.45) is 4.99 Å². The number of alkyl halides is 2. The summed E-state index contributed by atoms with van der Waals surface area (Å²) in [7, 11) is 0. The Kier molecular flexibility index (Phi) is 2.59. The third-order valence-electron chi connectivity index (χ3n) is 1.19. The second-order valence-electron chi connectivity index (χ2n) is 1.98. The first-order chi connectivity index (χ1) is 4.86. The molecule has 2 radical (unpaired) electrons. The summed E-state index contributed by atoms with van der Waals surface area (Å²) in [6, 6.07) is -0.438. The van der Waals surface area contributed by atoms with Crippen LogP contribution >= 0.6 is 0 Å². The Balaban J connectivity index is 2.24. The Labute approximate surface area is 58.5 Å². The van der Waals surface area contributed by atoms with Crippen molar-refractivity contribution in [3.63, 3.8) is 0 Å². The summed E-state index contributed by atoms with van der Waals surface area (Å²) in [5.74, 6) is 0. The smallest absolute Gasteiger partial charge is 0.167 e. The van der Waals surface area contributed by atoms with Crippen LogP contribution in [0, 0.1) is 6.54 Å². The normalized spacial score (nSPS) is 24.2. The van der Waals surface area contributed by atoms with Crippen LogP contribution in [0.4, 0.5) is 8.78 Å². The number of rotatable bonds is 3. The largest absolute Gasteiger partial charge is 0.344 e. The molecule has 0 bridgehead atoms. The monoisotopic (exact) mass is 146 g/mol. The fraction of sp³-hybridized carbons (Fsp3) is 0.667. The molecule has 0 aliphatic carbocycles. The van der Waals surface area contributed by atoms with E-state index in [-0.39, 0.29) is 6.54 Å². The van der Waals surface area contributed by atoms with Gasteiger partial charge in [0.2, 0.25) is 0 Å². The first-order valence-electron chi connectivity index (χ1n) is 3.06. The Hall–Kier alpha value is -0.670. The highest BCUT2D eigenvalue weighted by Gasteiger charge is 2.17. The molecule has 10 heavy (non-hydrogen) atoms. The highest BCUT2D eigenvalue weighted by molar-refractivity contribution is 5.59. The number of hydrogen-bond acceptors (Lipinski definition) is 2. The minimum Gasteiger partial charge on any atom is -0.344 e. The topological polar surface area (TPSA) is 15.6 Å². The number of nitrogens with zero attached hydrogens (tertiary/aromatic N) is 2. The zero-order valence-electron chi connectivity index (χ0n) is 5.43. The predicted molar refractivity (Wildman–Crippen MR) is 34.2 cm³/mol. The summed E-state index contributed by atoms with van der Waals surface area (Å²) < 4.78 is 23.5. The van der Waals surface area contributed by atoms with Gasteiger partial charge >= 0.3 is 0 Å². The summed E-state index contributed by atoms with van der Waals surface area (Å²) in [5, 5.41) is 0. The van der Waals surface area contributed by atoms with Gasteiger partial charge in [-0.25, -0.2) is 8.78 Å². The van der Waals surface area contributed by atoms with Gasteiger partial charge < -0.3 is 4.90 Å². The first kappa shape index (κ1) is 7.44. The van der Waals surface area contributed by atoms with Crippen LogP contribution in [0.5, 0.6) is 0 Å². The minimum atomic E-state index is -0.532. The van der Waals surface area contributed by atoms with Crippen molar-refractivity contribution in [3.05, 3.63) is 6.54 Å². The molecule has 56 valence electrons. The molecule has 0 amide bonds. The SMILES string of the molecule is FCCN1[C]=NC(CF)[CH]1. The van der Waals surface area contributed by atoms with Gasteiger partial charge in [0.15, 0.2) is 6.34 Å². The lowest BCUT2D eigenvalue weighted by Gasteiger charge is -2.09. The van der Waals surface area contributed by atoms with Gasteiger partial charge in [-0.3, -0.25) is 4.99 Å². The van der Waals surface area contributed by atoms with Crippen LogP contribution in [0.25, 0.3) is 0 Å². The fourth-order valence-electron chi connectivity index (χ4n) is 0.713. The predicted octanol–water partition coefficient (Wildman–Crippen LogP) is 0.677. The van der Waals surface area contributed by atoms with E-state index in [1.165, 1.54) is 11.4 Å². The highest BCUT2D eigenvalue weighted by Crippen LogP contribution is 2.08. The van der Waals surface area contributed by atoms with E-state index in [4.69, 9.17) is 0 Å². The summed E-state index contributed by atoms with van der Waals surface area (Å²) in [6.07, 6.45) is 2.48. The van der Waals surface area contributed by atoms with Crippen LogP contribution in [-0.2, 0) is 0 Å². The molecule has 2 nitrogen and oxygen atoms in total. The zero-order chi connectivity index (χ0) is 7.40. The molecule has 0 spiro atoms. The molecule has 0 saturated heterocycles. The van der Waals surface area contributed by atoms with Crippen molar-refractivity contribution in [1.29, 1.82) is 0 Å². The lowest BCUT2D eigenvalue weighted by Crippen LogP contribution is -2.21. The van der Waals surface area contributed by atoms with E-state index in [2.05, 4.69) is 11.3 Å². The van der Waals surface area contributed by atoms with Crippen LogP contribution in [0.2, 0.25) is 0 Å². The molecular formula is C6H8F2N2.